The molecule has 1 rings (SSSR count). The maximum Gasteiger partial charge on any atom is 0.265 e. The van der Waals surface area contributed by atoms with E-state index < -0.39 is 12.0 Å². The quantitative estimate of drug-likeness (QED) is 0.888. The zero-order valence-corrected chi connectivity index (χ0v) is 8.44. The average Bonchev–Trinajstić information content (AvgIpc) is 2.10. The molecule has 1 heterocycles. The molecule has 0 aromatic carbocycles. The van der Waals surface area contributed by atoms with Gasteiger partial charge >= 0.3 is 0 Å². The largest absolute Gasteiger partial charge is 0.324 e. The summed E-state index contributed by atoms with van der Waals surface area (Å²) in [6, 6.07) is 2.59. The van der Waals surface area contributed by atoms with Crippen molar-refractivity contribution in [3.05, 3.63) is 32.2 Å². The summed E-state index contributed by atoms with van der Waals surface area (Å²) < 4.78 is 24.8. The molecule has 0 spiro atoms. The zero-order valence-electron chi connectivity index (χ0n) is 6.85. The van der Waals surface area contributed by atoms with Crippen LogP contribution in [0.1, 0.15) is 17.7 Å². The highest BCUT2D eigenvalue weighted by molar-refractivity contribution is 9.10. The summed E-state index contributed by atoms with van der Waals surface area (Å²) in [4.78, 5) is 13.2. The molecule has 0 atom stereocenters. The fourth-order valence-corrected chi connectivity index (χ4v) is 1.50. The van der Waals surface area contributed by atoms with Gasteiger partial charge in [-0.3, -0.25) is 4.79 Å². The van der Waals surface area contributed by atoms with Crippen molar-refractivity contribution in [1.82, 2.24) is 4.98 Å². The highest BCUT2D eigenvalue weighted by atomic mass is 79.9. The number of nitrogens with zero attached hydrogens (tertiary/aromatic N) is 1. The predicted octanol–water partition coefficient (Wildman–Crippen LogP) is 2.14. The first kappa shape index (κ1) is 10.9. The second kappa shape index (κ2) is 4.33. The number of nitriles is 1. The van der Waals surface area contributed by atoms with Gasteiger partial charge in [-0.2, -0.15) is 5.26 Å². The van der Waals surface area contributed by atoms with E-state index >= 15 is 0 Å². The highest BCUT2D eigenvalue weighted by Crippen LogP contribution is 2.27. The Kier molecular flexibility index (Phi) is 3.36. The molecule has 74 valence electrons. The van der Waals surface area contributed by atoms with Gasteiger partial charge in [-0.25, -0.2) is 8.78 Å². The molecule has 0 saturated heterocycles. The third-order valence-corrected chi connectivity index (χ3v) is 2.51. The summed E-state index contributed by atoms with van der Waals surface area (Å²) in [5.41, 5.74) is -0.844. The minimum atomic E-state index is -2.73. The molecule has 0 fully saturated rings. The van der Waals surface area contributed by atoms with Crippen molar-refractivity contribution in [3.63, 3.8) is 0 Å². The van der Waals surface area contributed by atoms with Crippen LogP contribution in [-0.2, 0) is 6.42 Å². The molecule has 0 unspecified atom stereocenters. The van der Waals surface area contributed by atoms with Crippen LogP contribution in [0.4, 0.5) is 8.78 Å². The molecular formula is C8H5BrF2N2O. The zero-order chi connectivity index (χ0) is 10.7. The summed E-state index contributed by atoms with van der Waals surface area (Å²) in [5.74, 6) is 0. The molecule has 6 heteroatoms. The van der Waals surface area contributed by atoms with Gasteiger partial charge in [0.2, 0.25) is 5.56 Å². The third kappa shape index (κ3) is 2.17. The van der Waals surface area contributed by atoms with Gasteiger partial charge in [0.1, 0.15) is 0 Å². The fraction of sp³-hybridized carbons (Fsp3) is 0.250. The number of aromatic nitrogens is 1. The van der Waals surface area contributed by atoms with E-state index in [1.165, 1.54) is 0 Å². The lowest BCUT2D eigenvalue weighted by molar-refractivity contribution is 0.150. The van der Waals surface area contributed by atoms with Crippen molar-refractivity contribution in [2.24, 2.45) is 0 Å². The lowest BCUT2D eigenvalue weighted by atomic mass is 10.2. The molecular weight excluding hydrogens is 258 g/mol. The van der Waals surface area contributed by atoms with E-state index in [0.717, 1.165) is 6.07 Å². The van der Waals surface area contributed by atoms with E-state index in [9.17, 15) is 13.6 Å². The summed E-state index contributed by atoms with van der Waals surface area (Å²) in [7, 11) is 0. The molecule has 0 aliphatic carbocycles. The van der Waals surface area contributed by atoms with Crippen LogP contribution < -0.4 is 5.56 Å². The van der Waals surface area contributed by atoms with Crippen LogP contribution in [0.2, 0.25) is 0 Å². The fourth-order valence-electron chi connectivity index (χ4n) is 0.978. The summed E-state index contributed by atoms with van der Waals surface area (Å²) in [5, 5.41) is 8.38. The Morgan fingerprint density at radius 3 is 2.79 bits per heavy atom. The molecule has 0 aliphatic rings. The van der Waals surface area contributed by atoms with Gasteiger partial charge in [-0.05, 0) is 15.9 Å². The second-order valence-corrected chi connectivity index (χ2v) is 3.31. The van der Waals surface area contributed by atoms with Gasteiger partial charge in [0.05, 0.1) is 12.5 Å². The first-order chi connectivity index (χ1) is 6.56. The van der Waals surface area contributed by atoms with Crippen LogP contribution in [-0.4, -0.2) is 4.98 Å². The Labute approximate surface area is 86.5 Å². The average molecular weight is 263 g/mol. The van der Waals surface area contributed by atoms with E-state index in [-0.39, 0.29) is 22.2 Å². The van der Waals surface area contributed by atoms with E-state index in [0.29, 0.717) is 0 Å². The Morgan fingerprint density at radius 1 is 1.64 bits per heavy atom. The predicted molar refractivity (Wildman–Crippen MR) is 49.0 cm³/mol. The van der Waals surface area contributed by atoms with Crippen LogP contribution >= 0.6 is 15.9 Å². The number of rotatable bonds is 2. The van der Waals surface area contributed by atoms with Gasteiger partial charge in [-0.15, -0.1) is 0 Å². The number of nitrogens with one attached hydrogen (secondary N) is 1. The van der Waals surface area contributed by atoms with Crippen molar-refractivity contribution in [2.75, 3.05) is 0 Å². The topological polar surface area (TPSA) is 56.6 Å². The Balaban J connectivity index is 3.34. The van der Waals surface area contributed by atoms with Crippen LogP contribution in [0.15, 0.2) is 15.3 Å². The van der Waals surface area contributed by atoms with Gasteiger partial charge in [0, 0.05) is 21.8 Å². The molecule has 3 nitrogen and oxygen atoms in total. The molecule has 1 N–H and O–H groups in total. The number of aromatic amines is 1. The minimum absolute atomic E-state index is 0.0913. The molecule has 0 saturated carbocycles. The SMILES string of the molecule is N#CCc1[nH]c(=O)cc(C(F)F)c1Br. The van der Waals surface area contributed by atoms with E-state index in [1.807, 2.05) is 0 Å². The maximum atomic E-state index is 12.4. The smallest absolute Gasteiger partial charge is 0.265 e. The lowest BCUT2D eigenvalue weighted by Crippen LogP contribution is -2.11. The van der Waals surface area contributed by atoms with Gasteiger partial charge in [0.25, 0.3) is 6.43 Å². The number of alkyl halides is 2. The summed E-state index contributed by atoms with van der Waals surface area (Å²) in [6.45, 7) is 0. The Bertz CT molecular complexity index is 436. The number of pyridine rings is 1. The third-order valence-electron chi connectivity index (χ3n) is 1.57. The Morgan fingerprint density at radius 2 is 2.29 bits per heavy atom. The van der Waals surface area contributed by atoms with Crippen molar-refractivity contribution < 1.29 is 8.78 Å². The van der Waals surface area contributed by atoms with Crippen molar-refractivity contribution in [1.29, 1.82) is 5.26 Å². The van der Waals surface area contributed by atoms with Crippen LogP contribution in [0.3, 0.4) is 0 Å². The van der Waals surface area contributed by atoms with E-state index in [2.05, 4.69) is 20.9 Å². The standard InChI is InChI=1S/C8H5BrF2N2O/c9-7-4(8(10)11)3-6(14)13-5(7)1-2-12/h3,8H,1H2,(H,13,14). The molecule has 0 bridgehead atoms. The van der Waals surface area contributed by atoms with Crippen LogP contribution in [0.5, 0.6) is 0 Å². The minimum Gasteiger partial charge on any atom is -0.324 e. The summed E-state index contributed by atoms with van der Waals surface area (Å²) >= 11 is 2.92. The van der Waals surface area contributed by atoms with Crippen molar-refractivity contribution >= 4 is 15.9 Å². The molecule has 0 radical (unpaired) electrons. The number of halogens is 3. The normalized spacial score (nSPS) is 10.2. The number of hydrogen-bond acceptors (Lipinski definition) is 2. The van der Waals surface area contributed by atoms with Crippen LogP contribution in [0, 0.1) is 11.3 Å². The molecule has 0 aliphatic heterocycles. The monoisotopic (exact) mass is 262 g/mol. The van der Waals surface area contributed by atoms with E-state index in [4.69, 9.17) is 5.26 Å². The highest BCUT2D eigenvalue weighted by Gasteiger charge is 2.15. The lowest BCUT2D eigenvalue weighted by Gasteiger charge is -2.05. The van der Waals surface area contributed by atoms with Gasteiger partial charge in [-0.1, -0.05) is 0 Å². The Hall–Kier alpha value is -1.22. The van der Waals surface area contributed by atoms with Gasteiger partial charge in [0.15, 0.2) is 0 Å². The van der Waals surface area contributed by atoms with Crippen molar-refractivity contribution in [3.8, 4) is 6.07 Å². The van der Waals surface area contributed by atoms with Gasteiger partial charge < -0.3 is 4.98 Å². The van der Waals surface area contributed by atoms with E-state index in [1.54, 1.807) is 6.07 Å². The summed E-state index contributed by atoms with van der Waals surface area (Å²) in [6.07, 6.45) is -2.85. The molecule has 0 amide bonds. The first-order valence-corrected chi connectivity index (χ1v) is 4.42. The first-order valence-electron chi connectivity index (χ1n) is 3.63. The molecule has 14 heavy (non-hydrogen) atoms. The molecule has 1 aromatic heterocycles. The van der Waals surface area contributed by atoms with Crippen LogP contribution in [0.25, 0.3) is 0 Å². The number of H-pyrrole nitrogens is 1. The molecule has 1 aromatic rings. The van der Waals surface area contributed by atoms with Crippen molar-refractivity contribution in [2.45, 2.75) is 12.8 Å². The second-order valence-electron chi connectivity index (χ2n) is 2.52. The number of hydrogen-bond donors (Lipinski definition) is 1. The maximum absolute atomic E-state index is 12.4.